The Labute approximate surface area is 194 Å². The van der Waals surface area contributed by atoms with E-state index in [0.717, 1.165) is 23.1 Å². The van der Waals surface area contributed by atoms with E-state index in [1.54, 1.807) is 18.3 Å². The van der Waals surface area contributed by atoms with Crippen molar-refractivity contribution in [1.82, 2.24) is 4.90 Å². The van der Waals surface area contributed by atoms with Gasteiger partial charge in [0.1, 0.15) is 17.9 Å². The average molecular weight is 468 g/mol. The molecule has 176 valence electrons. The van der Waals surface area contributed by atoms with Gasteiger partial charge in [-0.1, -0.05) is 30.3 Å². The number of nitrogens with two attached hydrogens (primary N) is 1. The molecule has 7 nitrogen and oxygen atoms in total. The summed E-state index contributed by atoms with van der Waals surface area (Å²) in [6, 6.07) is 13.4. The van der Waals surface area contributed by atoms with Crippen molar-refractivity contribution in [1.29, 1.82) is 0 Å². The fourth-order valence-corrected chi connectivity index (χ4v) is 4.13. The molecule has 0 unspecified atom stereocenters. The number of hydrogen-bond acceptors (Lipinski definition) is 6. The monoisotopic (exact) mass is 468 g/mol. The van der Waals surface area contributed by atoms with E-state index in [1.807, 2.05) is 36.1 Å². The molecular formula is C24H23F3N6O. The highest BCUT2D eigenvalue weighted by atomic mass is 19.4. The molecule has 0 saturated carbocycles. The summed E-state index contributed by atoms with van der Waals surface area (Å²) in [7, 11) is 0. The Morgan fingerprint density at radius 1 is 1.21 bits per heavy atom. The van der Waals surface area contributed by atoms with Crippen LogP contribution in [0.2, 0.25) is 0 Å². The smallest absolute Gasteiger partial charge is 0.406 e. The lowest BCUT2D eigenvalue weighted by Gasteiger charge is -2.33. The number of amidine groups is 1. The van der Waals surface area contributed by atoms with E-state index < -0.39 is 11.9 Å². The van der Waals surface area contributed by atoms with E-state index in [1.165, 1.54) is 18.5 Å². The maximum absolute atomic E-state index is 12.7. The Morgan fingerprint density at radius 2 is 1.97 bits per heavy atom. The number of allylic oxidation sites excluding steroid dienone is 1. The van der Waals surface area contributed by atoms with Crippen LogP contribution in [0, 0.1) is 0 Å². The van der Waals surface area contributed by atoms with Crippen molar-refractivity contribution in [2.45, 2.75) is 25.2 Å². The number of rotatable bonds is 6. The predicted octanol–water partition coefficient (Wildman–Crippen LogP) is 4.35. The quantitative estimate of drug-likeness (QED) is 0.505. The molecule has 1 atom stereocenters. The summed E-state index contributed by atoms with van der Waals surface area (Å²) in [5.74, 6) is 0.645. The molecule has 34 heavy (non-hydrogen) atoms. The summed E-state index contributed by atoms with van der Waals surface area (Å²) in [5.41, 5.74) is 8.37. The molecule has 0 aromatic heterocycles. The highest BCUT2D eigenvalue weighted by molar-refractivity contribution is 6.12. The summed E-state index contributed by atoms with van der Waals surface area (Å²) in [6.45, 7) is 6.54. The molecule has 0 saturated heterocycles. The first-order valence-corrected chi connectivity index (χ1v) is 10.5. The molecule has 4 rings (SSSR count). The first-order chi connectivity index (χ1) is 16.2. The molecule has 2 aromatic rings. The van der Waals surface area contributed by atoms with E-state index in [0.29, 0.717) is 30.4 Å². The molecule has 0 spiro atoms. The number of nitrogens with zero attached hydrogens (tertiary/aromatic N) is 5. The third-order valence-corrected chi connectivity index (χ3v) is 5.60. The predicted molar refractivity (Wildman–Crippen MR) is 127 cm³/mol. The maximum Gasteiger partial charge on any atom is 0.573 e. The Bertz CT molecular complexity index is 1200. The van der Waals surface area contributed by atoms with Crippen molar-refractivity contribution in [2.75, 3.05) is 13.1 Å². The van der Waals surface area contributed by atoms with Crippen LogP contribution in [0.5, 0.6) is 5.75 Å². The number of ether oxygens (including phenoxy) is 1. The van der Waals surface area contributed by atoms with Gasteiger partial charge in [-0.2, -0.15) is 0 Å². The summed E-state index contributed by atoms with van der Waals surface area (Å²) in [6.07, 6.45) is -0.941. The number of aliphatic imine (C=N–C) groups is 4. The molecule has 2 N–H and O–H groups in total. The van der Waals surface area contributed by atoms with E-state index in [4.69, 9.17) is 15.7 Å². The van der Waals surface area contributed by atoms with Gasteiger partial charge in [-0.25, -0.2) is 9.98 Å². The van der Waals surface area contributed by atoms with Crippen LogP contribution in [0.4, 0.5) is 13.2 Å². The minimum atomic E-state index is -4.78. The van der Waals surface area contributed by atoms with Gasteiger partial charge >= 0.3 is 6.36 Å². The van der Waals surface area contributed by atoms with Gasteiger partial charge in [-0.15, -0.1) is 13.2 Å². The summed E-state index contributed by atoms with van der Waals surface area (Å²) in [4.78, 5) is 19.1. The molecule has 0 radical (unpaired) electrons. The Balaban J connectivity index is 1.85. The van der Waals surface area contributed by atoms with E-state index in [9.17, 15) is 13.2 Å². The SMILES string of the molecule is C=NC=N/C=C(\C)c1cccc([C@@]2(c3ccc(OC(F)(F)F)cc3)N=C(N)N3CCCN=C32)c1. The second-order valence-electron chi connectivity index (χ2n) is 7.80. The van der Waals surface area contributed by atoms with E-state index in [-0.39, 0.29) is 5.75 Å². The largest absolute Gasteiger partial charge is 0.573 e. The number of halogens is 3. The molecule has 2 aliphatic heterocycles. The maximum atomic E-state index is 12.7. The molecular weight excluding hydrogens is 445 g/mol. The van der Waals surface area contributed by atoms with Gasteiger partial charge in [0.2, 0.25) is 0 Å². The number of hydrogen-bond donors (Lipinski definition) is 1. The fourth-order valence-electron chi connectivity index (χ4n) is 4.13. The van der Waals surface area contributed by atoms with Gasteiger partial charge in [0, 0.05) is 19.3 Å². The van der Waals surface area contributed by atoms with Gasteiger partial charge in [-0.05, 0) is 60.5 Å². The molecule has 10 heteroatoms. The van der Waals surface area contributed by atoms with Crippen LogP contribution in [0.25, 0.3) is 5.57 Å². The lowest BCUT2D eigenvalue weighted by Crippen LogP contribution is -2.46. The van der Waals surface area contributed by atoms with Gasteiger partial charge in [-0.3, -0.25) is 14.9 Å². The van der Waals surface area contributed by atoms with Crippen molar-refractivity contribution in [2.24, 2.45) is 25.7 Å². The molecule has 2 aromatic carbocycles. The van der Waals surface area contributed by atoms with Gasteiger partial charge < -0.3 is 10.5 Å². The zero-order chi connectivity index (χ0) is 24.3. The summed E-state index contributed by atoms with van der Waals surface area (Å²) in [5, 5.41) is 0. The average Bonchev–Trinajstić information content (AvgIpc) is 3.12. The van der Waals surface area contributed by atoms with Crippen molar-refractivity contribution >= 4 is 30.4 Å². The normalized spacial score (nSPS) is 20.7. The molecule has 0 bridgehead atoms. The fraction of sp³-hybridized carbons (Fsp3) is 0.250. The second-order valence-corrected chi connectivity index (χ2v) is 7.80. The Kier molecular flexibility index (Phi) is 6.23. The second kappa shape index (κ2) is 9.12. The van der Waals surface area contributed by atoms with Crippen LogP contribution in [0.3, 0.4) is 0 Å². The number of fused-ring (bicyclic) bond motifs is 1. The number of alkyl halides is 3. The third-order valence-electron chi connectivity index (χ3n) is 5.60. The van der Waals surface area contributed by atoms with Gasteiger partial charge in [0.25, 0.3) is 0 Å². The van der Waals surface area contributed by atoms with Crippen LogP contribution in [-0.4, -0.2) is 49.2 Å². The molecule has 0 fully saturated rings. The molecule has 0 amide bonds. The third kappa shape index (κ3) is 4.43. The lowest BCUT2D eigenvalue weighted by molar-refractivity contribution is -0.274. The number of benzene rings is 2. The van der Waals surface area contributed by atoms with Crippen molar-refractivity contribution in [3.8, 4) is 5.75 Å². The van der Waals surface area contributed by atoms with Crippen LogP contribution in [0.15, 0.2) is 74.7 Å². The highest BCUT2D eigenvalue weighted by Gasteiger charge is 2.49. The topological polar surface area (TPSA) is 87.9 Å². The highest BCUT2D eigenvalue weighted by Crippen LogP contribution is 2.42. The van der Waals surface area contributed by atoms with Crippen LogP contribution >= 0.6 is 0 Å². The zero-order valence-electron chi connectivity index (χ0n) is 18.5. The lowest BCUT2D eigenvalue weighted by atomic mass is 9.81. The number of guanidine groups is 1. The van der Waals surface area contributed by atoms with Crippen molar-refractivity contribution in [3.05, 3.63) is 71.4 Å². The van der Waals surface area contributed by atoms with Gasteiger partial charge in [0.05, 0.1) is 0 Å². The summed E-state index contributed by atoms with van der Waals surface area (Å²) >= 11 is 0. The standard InChI is InChI=1S/C24H23F3N6O/c1-16(14-30-15-29-2)17-5-3-6-19(13-17)23(21-31-11-4-12-33(21)22(28)32-23)18-7-9-20(10-8-18)34-24(25,26)27/h3,5-10,13-15H,2,4,11-12H2,1H3,(H2,28,32)/b16-14+,30-15?/t23-/m1/s1. The summed E-state index contributed by atoms with van der Waals surface area (Å²) < 4.78 is 42.1. The zero-order valence-corrected chi connectivity index (χ0v) is 18.5. The minimum Gasteiger partial charge on any atom is -0.406 e. The van der Waals surface area contributed by atoms with Crippen LogP contribution < -0.4 is 10.5 Å². The van der Waals surface area contributed by atoms with Gasteiger partial charge in [0.15, 0.2) is 11.5 Å². The molecule has 2 aliphatic rings. The minimum absolute atomic E-state index is 0.313. The first kappa shape index (κ1) is 23.2. The Morgan fingerprint density at radius 3 is 2.68 bits per heavy atom. The molecule has 2 heterocycles. The van der Waals surface area contributed by atoms with Crippen molar-refractivity contribution < 1.29 is 17.9 Å². The Hall–Kier alpha value is -3.95. The van der Waals surface area contributed by atoms with Crippen molar-refractivity contribution in [3.63, 3.8) is 0 Å². The van der Waals surface area contributed by atoms with Crippen LogP contribution in [-0.2, 0) is 5.54 Å². The molecule has 0 aliphatic carbocycles. The first-order valence-electron chi connectivity index (χ1n) is 10.5. The van der Waals surface area contributed by atoms with Crippen LogP contribution in [0.1, 0.15) is 30.0 Å². The van der Waals surface area contributed by atoms with E-state index >= 15 is 0 Å². The van der Waals surface area contributed by atoms with E-state index in [2.05, 4.69) is 21.4 Å².